The standard InChI is InChI=1S/C27H40N7O23P3S/c1-27(2,22(42)25(43)30-4-3-14(35)29-5-6-61-56-18(40)8-17(39)54-16(38)7-15(36)37)10-52-60(49,50)57-59(47,48)51-9-13-21(55-58(44,45)46)20(41)26(53-13)34-12-33-19-23(28)31-11-32-24(19)34/h11-13,20-22,26,41-42H,3-10H2,1-2H3,(H,29,35)(H,30,43)(H,36,37)(H,47,48)(H,49,50)(H2,28,31,32)(H2,44,45,46)/t13-,20-,21-,22?,26-/m1/s1. The Hall–Kier alpha value is -4.03. The first-order valence-corrected chi connectivity index (χ1v) is 22.3. The molecule has 342 valence electrons. The molecule has 1 fully saturated rings. The lowest BCUT2D eigenvalue weighted by Gasteiger charge is -2.30. The summed E-state index contributed by atoms with van der Waals surface area (Å²) in [7, 11) is -16.5. The molecule has 2 aromatic rings. The van der Waals surface area contributed by atoms with Gasteiger partial charge in [0.05, 0.1) is 31.6 Å². The Kier molecular flexibility index (Phi) is 18.4. The van der Waals surface area contributed by atoms with Gasteiger partial charge in [-0.25, -0.2) is 28.6 Å². The molecular weight excluding hydrogens is 915 g/mol. The van der Waals surface area contributed by atoms with Crippen LogP contribution in [0.3, 0.4) is 0 Å². The molecule has 0 spiro atoms. The molecule has 3 heterocycles. The number of hydrogen-bond acceptors (Lipinski definition) is 23. The van der Waals surface area contributed by atoms with Crippen LogP contribution < -0.4 is 16.4 Å². The van der Waals surface area contributed by atoms with E-state index in [4.69, 9.17) is 24.6 Å². The third kappa shape index (κ3) is 16.6. The highest BCUT2D eigenvalue weighted by Crippen LogP contribution is 2.61. The number of imidazole rings is 1. The molecule has 0 radical (unpaired) electrons. The van der Waals surface area contributed by atoms with Gasteiger partial charge in [-0.05, 0) is 0 Å². The maximum Gasteiger partial charge on any atom is 0.481 e. The molecule has 3 unspecified atom stereocenters. The number of ether oxygens (including phenoxy) is 2. The number of hydrogen-bond donors (Lipinski definition) is 10. The molecule has 34 heteroatoms. The number of nitrogen functional groups attached to an aromatic ring is 1. The Morgan fingerprint density at radius 1 is 0.967 bits per heavy atom. The minimum Gasteiger partial charge on any atom is -0.481 e. The zero-order valence-electron chi connectivity index (χ0n) is 31.5. The number of nitrogens with two attached hydrogens (primary N) is 1. The van der Waals surface area contributed by atoms with E-state index >= 15 is 0 Å². The summed E-state index contributed by atoms with van der Waals surface area (Å²) in [4.78, 5) is 120. The molecule has 0 aromatic carbocycles. The molecule has 3 rings (SSSR count). The Morgan fingerprint density at radius 2 is 1.62 bits per heavy atom. The highest BCUT2D eigenvalue weighted by Gasteiger charge is 2.50. The van der Waals surface area contributed by atoms with Gasteiger partial charge in [-0.15, -0.1) is 0 Å². The zero-order chi connectivity index (χ0) is 45.9. The number of anilines is 1. The van der Waals surface area contributed by atoms with Crippen LogP contribution in [0, 0.1) is 5.41 Å². The van der Waals surface area contributed by atoms with Crippen LogP contribution in [0.15, 0.2) is 12.7 Å². The number of carbonyl (C=O) groups is 6. The Bertz CT molecular complexity index is 2090. The predicted molar refractivity (Wildman–Crippen MR) is 196 cm³/mol. The van der Waals surface area contributed by atoms with Gasteiger partial charge in [0.2, 0.25) is 11.8 Å². The molecule has 2 amide bonds. The van der Waals surface area contributed by atoms with Crippen LogP contribution in [-0.4, -0.2) is 147 Å². The summed E-state index contributed by atoms with van der Waals surface area (Å²) in [6.07, 6.45) is -9.39. The van der Waals surface area contributed by atoms with Crippen LogP contribution in [0.25, 0.3) is 11.2 Å². The van der Waals surface area contributed by atoms with Gasteiger partial charge in [0.15, 0.2) is 17.7 Å². The highest BCUT2D eigenvalue weighted by molar-refractivity contribution is 7.95. The Labute approximate surface area is 346 Å². The zero-order valence-corrected chi connectivity index (χ0v) is 35.0. The van der Waals surface area contributed by atoms with Crippen LogP contribution in [0.2, 0.25) is 0 Å². The number of carboxylic acids is 1. The number of phosphoric ester groups is 3. The number of carboxylic acid groups (broad SMARTS) is 1. The number of rotatable bonds is 24. The molecule has 30 nitrogen and oxygen atoms in total. The molecular formula is C27H40N7O23P3S. The number of aliphatic carboxylic acids is 1. The van der Waals surface area contributed by atoms with Crippen molar-refractivity contribution in [1.29, 1.82) is 0 Å². The monoisotopic (exact) mass is 955 g/mol. The van der Waals surface area contributed by atoms with Gasteiger partial charge in [0, 0.05) is 30.7 Å². The van der Waals surface area contributed by atoms with E-state index < -0.39 is 121 Å². The van der Waals surface area contributed by atoms with Crippen LogP contribution >= 0.6 is 35.5 Å². The largest absolute Gasteiger partial charge is 0.481 e. The summed E-state index contributed by atoms with van der Waals surface area (Å²) >= 11 is 0.529. The van der Waals surface area contributed by atoms with E-state index in [1.807, 2.05) is 0 Å². The molecule has 61 heavy (non-hydrogen) atoms. The molecule has 1 aliphatic rings. The fourth-order valence-electron chi connectivity index (χ4n) is 4.75. The second kappa shape index (κ2) is 21.9. The van der Waals surface area contributed by atoms with Gasteiger partial charge in [-0.2, -0.15) is 4.31 Å². The number of esters is 2. The van der Waals surface area contributed by atoms with Crippen molar-refractivity contribution in [3.05, 3.63) is 12.7 Å². The maximum absolute atomic E-state index is 12.7. The van der Waals surface area contributed by atoms with E-state index in [0.29, 0.717) is 12.0 Å². The van der Waals surface area contributed by atoms with E-state index in [-0.39, 0.29) is 42.2 Å². The average molecular weight is 956 g/mol. The summed E-state index contributed by atoms with van der Waals surface area (Å²) in [6, 6.07) is 0. The van der Waals surface area contributed by atoms with E-state index in [9.17, 15) is 72.2 Å². The van der Waals surface area contributed by atoms with Crippen molar-refractivity contribution in [2.24, 2.45) is 5.41 Å². The lowest BCUT2D eigenvalue weighted by molar-refractivity contribution is -0.163. The molecule has 1 saturated heterocycles. The van der Waals surface area contributed by atoms with Gasteiger partial charge in [-0.3, -0.25) is 46.9 Å². The lowest BCUT2D eigenvalue weighted by atomic mass is 9.87. The van der Waals surface area contributed by atoms with Crippen LogP contribution in [0.5, 0.6) is 0 Å². The smallest absolute Gasteiger partial charge is 0.481 e. The van der Waals surface area contributed by atoms with Gasteiger partial charge < -0.3 is 64.9 Å². The number of nitrogens with one attached hydrogen (secondary N) is 2. The Morgan fingerprint density at radius 3 is 2.28 bits per heavy atom. The van der Waals surface area contributed by atoms with Crippen LogP contribution in [-0.2, 0) is 74.0 Å². The highest BCUT2D eigenvalue weighted by atomic mass is 32.2. The predicted octanol–water partition coefficient (Wildman–Crippen LogP) is -2.47. The average Bonchev–Trinajstić information content (AvgIpc) is 3.68. The SMILES string of the molecule is CC(C)(COP(=O)(O)OP(=O)(O)OC[C@H]1O[C@@H](n2cnc3c(N)ncnc32)[C@H](O)[C@@H]1OP(=O)(O)O)C(O)C(=O)NCCC(=O)NCCSOC(=O)CC(=O)OC(=O)CC(=O)O. The van der Waals surface area contributed by atoms with Gasteiger partial charge in [0.25, 0.3) is 0 Å². The third-order valence-corrected chi connectivity index (χ3v) is 11.3. The number of aliphatic hydroxyl groups excluding tert-OH is 2. The summed E-state index contributed by atoms with van der Waals surface area (Å²) in [5.41, 5.74) is 4.12. The Balaban J connectivity index is 1.42. The van der Waals surface area contributed by atoms with Gasteiger partial charge >= 0.3 is 47.3 Å². The van der Waals surface area contributed by atoms with Crippen LogP contribution in [0.1, 0.15) is 39.3 Å². The number of amides is 2. The molecule has 11 N–H and O–H groups in total. The molecule has 2 aromatic heterocycles. The fourth-order valence-corrected chi connectivity index (χ4v) is 8.04. The molecule has 0 bridgehead atoms. The summed E-state index contributed by atoms with van der Waals surface area (Å²) in [5.74, 6) is -7.10. The van der Waals surface area contributed by atoms with E-state index in [1.165, 1.54) is 13.8 Å². The maximum atomic E-state index is 12.7. The first-order valence-electron chi connectivity index (χ1n) is 16.9. The van der Waals surface area contributed by atoms with Gasteiger partial charge in [0.1, 0.15) is 49.1 Å². The van der Waals surface area contributed by atoms with E-state index in [2.05, 4.69) is 43.3 Å². The van der Waals surface area contributed by atoms with E-state index in [1.54, 1.807) is 0 Å². The molecule has 0 aliphatic carbocycles. The third-order valence-electron chi connectivity index (χ3n) is 7.55. The van der Waals surface area contributed by atoms with Crippen molar-refractivity contribution in [1.82, 2.24) is 30.2 Å². The number of aliphatic hydroxyl groups is 2. The number of aromatic nitrogens is 4. The quantitative estimate of drug-likeness (QED) is 0.0171. The van der Waals surface area contributed by atoms with Crippen molar-refractivity contribution in [2.75, 3.05) is 37.8 Å². The van der Waals surface area contributed by atoms with Crippen molar-refractivity contribution < 1.29 is 109 Å². The number of carbonyl (C=O) groups excluding carboxylic acids is 5. The second-order valence-electron chi connectivity index (χ2n) is 12.9. The first-order chi connectivity index (χ1) is 28.2. The minimum absolute atomic E-state index is 0.00490. The molecule has 7 atom stereocenters. The minimum atomic E-state index is -5.62. The second-order valence-corrected chi connectivity index (χ2v) is 18.0. The van der Waals surface area contributed by atoms with E-state index in [0.717, 1.165) is 17.2 Å². The summed E-state index contributed by atoms with van der Waals surface area (Å²) in [6.45, 7) is -0.122. The van der Waals surface area contributed by atoms with Crippen LogP contribution in [0.4, 0.5) is 5.82 Å². The summed E-state index contributed by atoms with van der Waals surface area (Å²) in [5, 5.41) is 34.5. The summed E-state index contributed by atoms with van der Waals surface area (Å²) < 4.78 is 70.7. The van der Waals surface area contributed by atoms with Gasteiger partial charge in [-0.1, -0.05) is 13.8 Å². The number of fused-ring (bicyclic) bond motifs is 1. The number of phosphoric acid groups is 3. The van der Waals surface area contributed by atoms with Crippen molar-refractivity contribution in [3.63, 3.8) is 0 Å². The topological polar surface area (TPSA) is 454 Å². The molecule has 1 aliphatic heterocycles. The lowest BCUT2D eigenvalue weighted by Crippen LogP contribution is -2.46. The first kappa shape index (κ1) is 51.3. The van der Waals surface area contributed by atoms with Crippen molar-refractivity contribution in [2.45, 2.75) is 63.8 Å². The molecule has 0 saturated carbocycles. The van der Waals surface area contributed by atoms with Crippen molar-refractivity contribution >= 4 is 88.2 Å². The normalized spacial score (nSPS) is 20.5. The van der Waals surface area contributed by atoms with Crippen molar-refractivity contribution in [3.8, 4) is 0 Å². The number of nitrogens with zero attached hydrogens (tertiary/aromatic N) is 4. The fraction of sp³-hybridized carbons (Fsp3) is 0.593.